The number of benzene rings is 1. The van der Waals surface area contributed by atoms with Crippen LogP contribution in [0.2, 0.25) is 0 Å². The van der Waals surface area contributed by atoms with Gasteiger partial charge in [-0.15, -0.1) is 0 Å². The van der Waals surface area contributed by atoms with Crippen molar-refractivity contribution in [3.8, 4) is 5.75 Å². The van der Waals surface area contributed by atoms with E-state index in [2.05, 4.69) is 0 Å². The lowest BCUT2D eigenvalue weighted by atomic mass is 10.1. The van der Waals surface area contributed by atoms with Crippen LogP contribution in [0, 0.1) is 0 Å². The van der Waals surface area contributed by atoms with Gasteiger partial charge in [0.15, 0.2) is 5.78 Å². The number of likely N-dealkylation sites (N-methyl/N-ethyl adjacent to an activating group) is 1. The molecular formula is C18H24N4O4. The highest BCUT2D eigenvalue weighted by Crippen LogP contribution is 2.15. The van der Waals surface area contributed by atoms with Crippen LogP contribution >= 0.6 is 0 Å². The highest BCUT2D eigenvalue weighted by atomic mass is 16.5. The van der Waals surface area contributed by atoms with E-state index in [9.17, 15) is 14.4 Å². The Hall–Kier alpha value is -2.87. The van der Waals surface area contributed by atoms with Crippen molar-refractivity contribution in [3.05, 3.63) is 56.2 Å². The zero-order valence-corrected chi connectivity index (χ0v) is 15.6. The van der Waals surface area contributed by atoms with Gasteiger partial charge in [0.05, 0.1) is 13.2 Å². The molecule has 0 spiro atoms. The van der Waals surface area contributed by atoms with Crippen LogP contribution in [0.5, 0.6) is 5.75 Å². The van der Waals surface area contributed by atoms with Gasteiger partial charge in [0.1, 0.15) is 17.1 Å². The molecule has 2 rings (SSSR count). The number of hydrogen-bond donors (Lipinski definition) is 1. The summed E-state index contributed by atoms with van der Waals surface area (Å²) in [5.41, 5.74) is 5.46. The number of Topliss-reactive ketones (excluding diaryl/α,β-unsaturated/α-hetero) is 1. The fourth-order valence-corrected chi connectivity index (χ4v) is 2.66. The summed E-state index contributed by atoms with van der Waals surface area (Å²) in [6.45, 7) is 2.21. The summed E-state index contributed by atoms with van der Waals surface area (Å²) >= 11 is 0. The molecule has 1 heterocycles. The lowest BCUT2D eigenvalue weighted by Crippen LogP contribution is -2.45. The summed E-state index contributed by atoms with van der Waals surface area (Å²) < 4.78 is 7.12. The lowest BCUT2D eigenvalue weighted by Gasteiger charge is -2.24. The molecule has 0 fully saturated rings. The van der Waals surface area contributed by atoms with Crippen molar-refractivity contribution in [2.24, 2.45) is 14.1 Å². The molecule has 2 aromatic rings. The van der Waals surface area contributed by atoms with Gasteiger partial charge in [0, 0.05) is 20.6 Å². The van der Waals surface area contributed by atoms with Gasteiger partial charge in [-0.3, -0.25) is 23.6 Å². The molecule has 2 N–H and O–H groups in total. The maximum atomic E-state index is 12.9. The van der Waals surface area contributed by atoms with Gasteiger partial charge in [-0.25, -0.2) is 4.79 Å². The van der Waals surface area contributed by atoms with Gasteiger partial charge in [-0.2, -0.15) is 0 Å². The summed E-state index contributed by atoms with van der Waals surface area (Å²) in [7, 11) is 6.14. The molecule has 8 heteroatoms. The predicted molar refractivity (Wildman–Crippen MR) is 99.6 cm³/mol. The summed E-state index contributed by atoms with van der Waals surface area (Å²) in [5.74, 6) is 0.213. The summed E-state index contributed by atoms with van der Waals surface area (Å²) in [4.78, 5) is 38.9. The number of aromatic nitrogens is 2. The van der Waals surface area contributed by atoms with Crippen LogP contribution in [0.1, 0.15) is 22.8 Å². The SMILES string of the molecule is COc1ccc(CN(C)C(C)C(=O)c2c(N)n(C)c(=O)n(C)c2=O)cc1. The van der Waals surface area contributed by atoms with Crippen LogP contribution in [0.25, 0.3) is 0 Å². The molecule has 1 aromatic heterocycles. The summed E-state index contributed by atoms with van der Waals surface area (Å²) in [5, 5.41) is 0. The number of nitrogens with two attached hydrogens (primary N) is 1. The molecule has 8 nitrogen and oxygen atoms in total. The van der Waals surface area contributed by atoms with Gasteiger partial charge in [0.2, 0.25) is 0 Å². The Balaban J connectivity index is 2.29. The Bertz CT molecular complexity index is 928. The number of hydrogen-bond acceptors (Lipinski definition) is 6. The van der Waals surface area contributed by atoms with E-state index in [4.69, 9.17) is 10.5 Å². The molecule has 1 atom stereocenters. The van der Waals surface area contributed by atoms with Crippen molar-refractivity contribution in [2.45, 2.75) is 19.5 Å². The number of ether oxygens (including phenoxy) is 1. The zero-order valence-electron chi connectivity index (χ0n) is 15.6. The molecule has 1 aromatic carbocycles. The Morgan fingerprint density at radius 3 is 2.31 bits per heavy atom. The Morgan fingerprint density at radius 1 is 1.19 bits per heavy atom. The second-order valence-corrected chi connectivity index (χ2v) is 6.27. The number of anilines is 1. The molecule has 0 aliphatic carbocycles. The van der Waals surface area contributed by atoms with Gasteiger partial charge in [-0.1, -0.05) is 12.1 Å². The van der Waals surface area contributed by atoms with Crippen molar-refractivity contribution >= 4 is 11.6 Å². The van der Waals surface area contributed by atoms with Gasteiger partial charge >= 0.3 is 5.69 Å². The molecule has 0 saturated heterocycles. The van der Waals surface area contributed by atoms with E-state index >= 15 is 0 Å². The summed E-state index contributed by atoms with van der Waals surface area (Å²) in [6, 6.07) is 6.91. The minimum Gasteiger partial charge on any atom is -0.497 e. The largest absolute Gasteiger partial charge is 0.497 e. The Kier molecular flexibility index (Phi) is 5.66. The van der Waals surface area contributed by atoms with Crippen LogP contribution in [-0.2, 0) is 20.6 Å². The Morgan fingerprint density at radius 2 is 1.77 bits per heavy atom. The van der Waals surface area contributed by atoms with Gasteiger partial charge in [0.25, 0.3) is 5.56 Å². The highest BCUT2D eigenvalue weighted by Gasteiger charge is 2.27. The van der Waals surface area contributed by atoms with Gasteiger partial charge < -0.3 is 10.5 Å². The third-order valence-electron chi connectivity index (χ3n) is 4.59. The molecule has 0 amide bonds. The van der Waals surface area contributed by atoms with Crippen LogP contribution in [0.3, 0.4) is 0 Å². The van der Waals surface area contributed by atoms with E-state index in [0.29, 0.717) is 6.54 Å². The van der Waals surface area contributed by atoms with E-state index in [1.54, 1.807) is 21.1 Å². The third kappa shape index (κ3) is 3.55. The normalized spacial score (nSPS) is 12.2. The monoisotopic (exact) mass is 360 g/mol. The number of nitrogen functional groups attached to an aromatic ring is 1. The van der Waals surface area contributed by atoms with E-state index in [-0.39, 0.29) is 11.4 Å². The number of methoxy groups -OCH3 is 1. The van der Waals surface area contributed by atoms with E-state index in [1.807, 2.05) is 29.2 Å². The van der Waals surface area contributed by atoms with Crippen molar-refractivity contribution < 1.29 is 9.53 Å². The molecule has 0 aliphatic heterocycles. The van der Waals surface area contributed by atoms with Crippen molar-refractivity contribution in [3.63, 3.8) is 0 Å². The lowest BCUT2D eigenvalue weighted by molar-refractivity contribution is 0.0860. The van der Waals surface area contributed by atoms with E-state index in [0.717, 1.165) is 20.4 Å². The van der Waals surface area contributed by atoms with E-state index in [1.165, 1.54) is 14.1 Å². The molecular weight excluding hydrogens is 336 g/mol. The maximum Gasteiger partial charge on any atom is 0.332 e. The van der Waals surface area contributed by atoms with Crippen molar-refractivity contribution in [2.75, 3.05) is 19.9 Å². The first-order valence-electron chi connectivity index (χ1n) is 8.11. The number of carbonyl (C=O) groups excluding carboxylic acids is 1. The number of nitrogens with zero attached hydrogens (tertiary/aromatic N) is 3. The van der Waals surface area contributed by atoms with Gasteiger partial charge in [-0.05, 0) is 31.7 Å². The minimum absolute atomic E-state index is 0.118. The molecule has 0 aliphatic rings. The zero-order chi connectivity index (χ0) is 19.6. The number of carbonyl (C=O) groups is 1. The fraction of sp³-hybridized carbons (Fsp3) is 0.389. The standard InChI is InChI=1S/C18H24N4O4/c1-11(20(2)10-12-6-8-13(26-5)9-7-12)15(23)14-16(19)21(3)18(25)22(4)17(14)24/h6-9,11H,10,19H2,1-5H3. The first-order valence-corrected chi connectivity index (χ1v) is 8.11. The predicted octanol–water partition coefficient (Wildman–Crippen LogP) is 0.378. The molecule has 1 unspecified atom stereocenters. The average molecular weight is 360 g/mol. The molecule has 140 valence electrons. The van der Waals surface area contributed by atoms with Crippen molar-refractivity contribution in [1.82, 2.24) is 14.0 Å². The smallest absolute Gasteiger partial charge is 0.332 e. The maximum absolute atomic E-state index is 12.9. The first kappa shape index (κ1) is 19.5. The number of rotatable bonds is 6. The topological polar surface area (TPSA) is 99.6 Å². The van der Waals surface area contributed by atoms with Crippen LogP contribution in [0.15, 0.2) is 33.9 Å². The molecule has 0 radical (unpaired) electrons. The highest BCUT2D eigenvalue weighted by molar-refractivity contribution is 6.03. The average Bonchev–Trinajstić information content (AvgIpc) is 2.64. The third-order valence-corrected chi connectivity index (χ3v) is 4.59. The van der Waals surface area contributed by atoms with Crippen LogP contribution in [-0.4, -0.2) is 40.0 Å². The minimum atomic E-state index is -0.680. The van der Waals surface area contributed by atoms with Crippen LogP contribution in [0.4, 0.5) is 5.82 Å². The molecule has 26 heavy (non-hydrogen) atoms. The van der Waals surface area contributed by atoms with E-state index < -0.39 is 23.1 Å². The second-order valence-electron chi connectivity index (χ2n) is 6.27. The summed E-state index contributed by atoms with van der Waals surface area (Å²) in [6.07, 6.45) is 0. The van der Waals surface area contributed by atoms with Crippen molar-refractivity contribution in [1.29, 1.82) is 0 Å². The van der Waals surface area contributed by atoms with Crippen LogP contribution < -0.4 is 21.7 Å². The number of ketones is 1. The molecule has 0 bridgehead atoms. The fourth-order valence-electron chi connectivity index (χ4n) is 2.66. The quantitative estimate of drug-likeness (QED) is 0.748. The Labute approximate surface area is 151 Å². The first-order chi connectivity index (χ1) is 12.2. The second kappa shape index (κ2) is 7.57. The molecule has 0 saturated carbocycles.